The molecule has 2 aromatic heterocycles. The molecule has 0 aliphatic rings. The number of hydrogen-bond acceptors (Lipinski definition) is 8. The Hall–Kier alpha value is -3.69. The fourth-order valence-electron chi connectivity index (χ4n) is 3.88. The van der Waals surface area contributed by atoms with Crippen molar-refractivity contribution < 1.29 is 14.2 Å². The van der Waals surface area contributed by atoms with E-state index in [1.807, 2.05) is 35.1 Å². The van der Waals surface area contributed by atoms with Gasteiger partial charge in [-0.3, -0.25) is 0 Å². The number of ether oxygens (including phenoxy) is 3. The van der Waals surface area contributed by atoms with Gasteiger partial charge in [0.25, 0.3) is 0 Å². The molecule has 0 aliphatic carbocycles. The van der Waals surface area contributed by atoms with Crippen molar-refractivity contribution in [1.82, 2.24) is 19.7 Å². The Morgan fingerprint density at radius 3 is 2.35 bits per heavy atom. The molecule has 196 valence electrons. The van der Waals surface area contributed by atoms with E-state index in [9.17, 15) is 0 Å². The molecule has 9 heteroatoms. The van der Waals surface area contributed by atoms with Crippen LogP contribution in [-0.2, 0) is 16.0 Å². The Balaban J connectivity index is 1.62. The third-order valence-electron chi connectivity index (χ3n) is 6.36. The van der Waals surface area contributed by atoms with Gasteiger partial charge in [-0.15, -0.1) is 0 Å². The van der Waals surface area contributed by atoms with Crippen molar-refractivity contribution in [2.45, 2.75) is 46.3 Å². The minimum atomic E-state index is -0.278. The summed E-state index contributed by atoms with van der Waals surface area (Å²) in [6.45, 7) is 10.0. The molecule has 37 heavy (non-hydrogen) atoms. The van der Waals surface area contributed by atoms with Crippen LogP contribution in [0.1, 0.15) is 31.4 Å². The fourth-order valence-corrected chi connectivity index (χ4v) is 3.88. The summed E-state index contributed by atoms with van der Waals surface area (Å²) < 4.78 is 18.2. The lowest BCUT2D eigenvalue weighted by molar-refractivity contribution is 0.0116. The molecule has 0 aliphatic heterocycles. The molecule has 4 rings (SSSR count). The highest BCUT2D eigenvalue weighted by molar-refractivity contribution is 5.90. The molecule has 0 saturated carbocycles. The van der Waals surface area contributed by atoms with Crippen molar-refractivity contribution in [3.8, 4) is 5.75 Å². The van der Waals surface area contributed by atoms with Crippen LogP contribution in [0.3, 0.4) is 0 Å². The second-order valence-electron chi connectivity index (χ2n) is 9.60. The zero-order valence-electron chi connectivity index (χ0n) is 22.5. The second-order valence-corrected chi connectivity index (χ2v) is 9.60. The number of para-hydroxylation sites is 1. The fraction of sp³-hybridized carbons (Fsp3) is 0.393. The molecule has 0 unspecified atom stereocenters. The number of anilines is 4. The first-order chi connectivity index (χ1) is 17.8. The van der Waals surface area contributed by atoms with Gasteiger partial charge in [0.2, 0.25) is 5.95 Å². The first-order valence-electron chi connectivity index (χ1n) is 12.4. The average Bonchev–Trinajstić information content (AvgIpc) is 3.23. The SMILES string of the molecule is COCCOc1ccc(Nc2ncc3c(Nc4c(C)cccc4C)nn(CCC(C)(C)OC)c3n2)cc1. The average molecular weight is 505 g/mol. The number of fused-ring (bicyclic) bond motifs is 1. The summed E-state index contributed by atoms with van der Waals surface area (Å²) in [5.41, 5.74) is 4.67. The van der Waals surface area contributed by atoms with Gasteiger partial charge >= 0.3 is 0 Å². The van der Waals surface area contributed by atoms with Crippen molar-refractivity contribution in [1.29, 1.82) is 0 Å². The van der Waals surface area contributed by atoms with Gasteiger partial charge in [0.05, 0.1) is 17.6 Å². The van der Waals surface area contributed by atoms with Gasteiger partial charge in [-0.1, -0.05) is 18.2 Å². The van der Waals surface area contributed by atoms with Gasteiger partial charge in [-0.25, -0.2) is 9.67 Å². The van der Waals surface area contributed by atoms with E-state index in [0.717, 1.165) is 51.5 Å². The van der Waals surface area contributed by atoms with E-state index in [4.69, 9.17) is 24.3 Å². The summed E-state index contributed by atoms with van der Waals surface area (Å²) in [7, 11) is 3.38. The van der Waals surface area contributed by atoms with E-state index in [0.29, 0.717) is 25.7 Å². The number of aryl methyl sites for hydroxylation is 3. The molecular formula is C28H36N6O3. The van der Waals surface area contributed by atoms with Gasteiger partial charge in [-0.05, 0) is 69.5 Å². The summed E-state index contributed by atoms with van der Waals surface area (Å²) in [5.74, 6) is 2.00. The molecule has 0 amide bonds. The first-order valence-corrected chi connectivity index (χ1v) is 12.4. The highest BCUT2D eigenvalue weighted by Crippen LogP contribution is 2.30. The van der Waals surface area contributed by atoms with Crippen LogP contribution in [0.15, 0.2) is 48.7 Å². The maximum atomic E-state index is 5.64. The summed E-state index contributed by atoms with van der Waals surface area (Å²) >= 11 is 0. The summed E-state index contributed by atoms with van der Waals surface area (Å²) in [6.07, 6.45) is 2.59. The van der Waals surface area contributed by atoms with E-state index < -0.39 is 0 Å². The smallest absolute Gasteiger partial charge is 0.229 e. The minimum Gasteiger partial charge on any atom is -0.491 e. The molecule has 0 fully saturated rings. The van der Waals surface area contributed by atoms with Crippen molar-refractivity contribution in [2.24, 2.45) is 0 Å². The maximum absolute atomic E-state index is 5.64. The van der Waals surface area contributed by atoms with Gasteiger partial charge in [0, 0.05) is 38.3 Å². The number of benzene rings is 2. The highest BCUT2D eigenvalue weighted by atomic mass is 16.5. The van der Waals surface area contributed by atoms with Gasteiger partial charge < -0.3 is 24.8 Å². The largest absolute Gasteiger partial charge is 0.491 e. The number of methoxy groups -OCH3 is 2. The molecule has 9 nitrogen and oxygen atoms in total. The lowest BCUT2D eigenvalue weighted by Crippen LogP contribution is -2.24. The van der Waals surface area contributed by atoms with Crippen LogP contribution < -0.4 is 15.4 Å². The maximum Gasteiger partial charge on any atom is 0.229 e. The molecule has 2 aromatic carbocycles. The van der Waals surface area contributed by atoms with Crippen LogP contribution in [0.2, 0.25) is 0 Å². The molecule has 4 aromatic rings. The molecule has 0 bridgehead atoms. The normalized spacial score (nSPS) is 11.6. The zero-order chi connectivity index (χ0) is 26.4. The number of hydrogen-bond donors (Lipinski definition) is 2. The number of aromatic nitrogens is 4. The lowest BCUT2D eigenvalue weighted by atomic mass is 10.1. The summed E-state index contributed by atoms with van der Waals surface area (Å²) in [4.78, 5) is 9.42. The van der Waals surface area contributed by atoms with Gasteiger partial charge in [-0.2, -0.15) is 10.1 Å². The van der Waals surface area contributed by atoms with Crippen LogP contribution >= 0.6 is 0 Å². The standard InChI is InChI=1S/C28H36N6O3/c1-19-8-7-9-20(2)24(19)31-25-23-18-29-27(30-21-10-12-22(13-11-21)37-17-16-35-5)32-26(23)34(33-25)15-14-28(3,4)36-6/h7-13,18H,14-17H2,1-6H3,(H,31,33)(H,29,30,32). The molecule has 0 atom stereocenters. The van der Waals surface area contributed by atoms with E-state index in [1.165, 1.54) is 0 Å². The Morgan fingerprint density at radius 1 is 0.946 bits per heavy atom. The molecule has 0 radical (unpaired) electrons. The van der Waals surface area contributed by atoms with Gasteiger partial charge in [0.1, 0.15) is 12.4 Å². The monoisotopic (exact) mass is 504 g/mol. The highest BCUT2D eigenvalue weighted by Gasteiger charge is 2.20. The molecular weight excluding hydrogens is 468 g/mol. The van der Waals surface area contributed by atoms with Crippen LogP contribution in [0.25, 0.3) is 11.0 Å². The first kappa shape index (κ1) is 26.4. The predicted molar refractivity (Wildman–Crippen MR) is 147 cm³/mol. The molecule has 2 heterocycles. The van der Waals surface area contributed by atoms with Crippen molar-refractivity contribution in [3.63, 3.8) is 0 Å². The second kappa shape index (κ2) is 11.6. The number of nitrogens with zero attached hydrogens (tertiary/aromatic N) is 4. The van der Waals surface area contributed by atoms with Crippen LogP contribution in [0.5, 0.6) is 5.75 Å². The third kappa shape index (κ3) is 6.55. The van der Waals surface area contributed by atoms with Crippen molar-refractivity contribution >= 4 is 34.2 Å². The minimum absolute atomic E-state index is 0.278. The third-order valence-corrected chi connectivity index (χ3v) is 6.36. The van der Waals surface area contributed by atoms with Crippen molar-refractivity contribution in [2.75, 3.05) is 38.1 Å². The topological polar surface area (TPSA) is 95.4 Å². The van der Waals surface area contributed by atoms with Crippen LogP contribution in [0, 0.1) is 13.8 Å². The van der Waals surface area contributed by atoms with Gasteiger partial charge in [0.15, 0.2) is 11.5 Å². The molecule has 2 N–H and O–H groups in total. The van der Waals surface area contributed by atoms with E-state index in [-0.39, 0.29) is 5.60 Å². The Kier molecular flexibility index (Phi) is 8.25. The van der Waals surface area contributed by atoms with E-state index in [2.05, 4.69) is 61.5 Å². The molecule has 0 spiro atoms. The van der Waals surface area contributed by atoms with E-state index in [1.54, 1.807) is 14.2 Å². The Morgan fingerprint density at radius 2 is 1.68 bits per heavy atom. The number of nitrogens with one attached hydrogen (secondary N) is 2. The van der Waals surface area contributed by atoms with Crippen molar-refractivity contribution in [3.05, 3.63) is 59.8 Å². The summed E-state index contributed by atoms with van der Waals surface area (Å²) in [6, 6.07) is 13.9. The zero-order valence-corrected chi connectivity index (χ0v) is 22.5. The van der Waals surface area contributed by atoms with Crippen LogP contribution in [0.4, 0.5) is 23.1 Å². The number of rotatable bonds is 12. The Labute approximate surface area is 218 Å². The predicted octanol–water partition coefficient (Wildman–Crippen LogP) is 5.77. The Bertz CT molecular complexity index is 1310. The quantitative estimate of drug-likeness (QED) is 0.235. The van der Waals surface area contributed by atoms with Crippen LogP contribution in [-0.4, -0.2) is 52.8 Å². The lowest BCUT2D eigenvalue weighted by Gasteiger charge is -2.22. The molecule has 0 saturated heterocycles. The van der Waals surface area contributed by atoms with E-state index >= 15 is 0 Å². The summed E-state index contributed by atoms with van der Waals surface area (Å²) in [5, 5.41) is 12.6.